The van der Waals surface area contributed by atoms with E-state index in [1.165, 1.54) is 11.0 Å². The van der Waals surface area contributed by atoms with Crippen molar-refractivity contribution in [2.75, 3.05) is 14.1 Å². The number of furan rings is 1. The van der Waals surface area contributed by atoms with Gasteiger partial charge < -0.3 is 14.4 Å². The molecular weight excluding hydrogens is 262 g/mol. The molecule has 1 N–H and O–H groups in total. The minimum Gasteiger partial charge on any atom is -0.475 e. The first kappa shape index (κ1) is 13.9. The topological polar surface area (TPSA) is 88.6 Å². The molecule has 0 aliphatic carbocycles. The van der Waals surface area contributed by atoms with Gasteiger partial charge in [-0.2, -0.15) is 5.10 Å². The van der Waals surface area contributed by atoms with Crippen molar-refractivity contribution in [2.45, 2.75) is 13.0 Å². The number of hydrogen-bond donors (Lipinski definition) is 1. The van der Waals surface area contributed by atoms with Crippen LogP contribution in [0, 0.1) is 0 Å². The molecule has 0 aliphatic rings. The molecule has 0 fully saturated rings. The first-order valence-electron chi connectivity index (χ1n) is 6.00. The summed E-state index contributed by atoms with van der Waals surface area (Å²) >= 11 is 0. The van der Waals surface area contributed by atoms with Gasteiger partial charge in [-0.3, -0.25) is 9.48 Å². The van der Waals surface area contributed by atoms with Crippen LogP contribution >= 0.6 is 0 Å². The quantitative estimate of drug-likeness (QED) is 0.914. The molecule has 0 bridgehead atoms. The van der Waals surface area contributed by atoms with Gasteiger partial charge in [-0.25, -0.2) is 4.79 Å². The molecule has 1 atom stereocenters. The molecule has 2 rings (SSSR count). The number of aromatic nitrogens is 2. The number of amides is 1. The molecular formula is C13H15N3O4. The van der Waals surface area contributed by atoms with Crippen LogP contribution in [0.3, 0.4) is 0 Å². The molecule has 106 valence electrons. The highest BCUT2D eigenvalue weighted by Crippen LogP contribution is 2.20. The lowest BCUT2D eigenvalue weighted by Gasteiger charge is -2.10. The second-order valence-corrected chi connectivity index (χ2v) is 4.56. The van der Waals surface area contributed by atoms with Crippen LogP contribution < -0.4 is 0 Å². The predicted molar refractivity (Wildman–Crippen MR) is 69.7 cm³/mol. The van der Waals surface area contributed by atoms with E-state index in [-0.39, 0.29) is 17.7 Å². The third-order valence-corrected chi connectivity index (χ3v) is 2.88. The van der Waals surface area contributed by atoms with E-state index in [0.29, 0.717) is 11.5 Å². The number of carboxylic acids is 1. The number of hydrogen-bond acceptors (Lipinski definition) is 4. The molecule has 1 amide bonds. The Bertz CT molecular complexity index is 642. The van der Waals surface area contributed by atoms with Crippen molar-refractivity contribution in [3.05, 3.63) is 41.6 Å². The highest BCUT2D eigenvalue weighted by molar-refractivity contribution is 5.91. The standard InChI is InChI=1S/C13H15N3O4/c1-8(10-4-5-11(20-10)13(18)19)16-7-6-9(14-16)12(17)15(2)3/h4-8H,1-3H3,(H,18,19). The van der Waals surface area contributed by atoms with E-state index in [1.54, 1.807) is 44.0 Å². The summed E-state index contributed by atoms with van der Waals surface area (Å²) in [6.45, 7) is 1.81. The summed E-state index contributed by atoms with van der Waals surface area (Å²) in [4.78, 5) is 24.0. The summed E-state index contributed by atoms with van der Waals surface area (Å²) in [5.41, 5.74) is 0.326. The second-order valence-electron chi connectivity index (χ2n) is 4.56. The maximum absolute atomic E-state index is 11.8. The van der Waals surface area contributed by atoms with E-state index in [9.17, 15) is 9.59 Å². The normalized spacial score (nSPS) is 12.2. The highest BCUT2D eigenvalue weighted by Gasteiger charge is 2.18. The van der Waals surface area contributed by atoms with E-state index in [1.807, 2.05) is 0 Å². The monoisotopic (exact) mass is 277 g/mol. The fourth-order valence-corrected chi connectivity index (χ4v) is 1.72. The van der Waals surface area contributed by atoms with Crippen molar-refractivity contribution in [3.63, 3.8) is 0 Å². The maximum atomic E-state index is 11.8. The van der Waals surface area contributed by atoms with Crippen molar-refractivity contribution in [1.82, 2.24) is 14.7 Å². The van der Waals surface area contributed by atoms with Gasteiger partial charge in [0.05, 0.1) is 0 Å². The summed E-state index contributed by atoms with van der Waals surface area (Å²) in [7, 11) is 3.30. The molecule has 0 aliphatic heterocycles. The van der Waals surface area contributed by atoms with E-state index in [0.717, 1.165) is 0 Å². The molecule has 20 heavy (non-hydrogen) atoms. The van der Waals surface area contributed by atoms with E-state index >= 15 is 0 Å². The number of aromatic carboxylic acids is 1. The van der Waals surface area contributed by atoms with Gasteiger partial charge in [0.15, 0.2) is 0 Å². The zero-order valence-electron chi connectivity index (χ0n) is 11.4. The largest absolute Gasteiger partial charge is 0.475 e. The molecule has 7 nitrogen and oxygen atoms in total. The Hall–Kier alpha value is -2.57. The first-order valence-corrected chi connectivity index (χ1v) is 6.00. The summed E-state index contributed by atoms with van der Waals surface area (Å²) < 4.78 is 6.78. The number of carboxylic acid groups (broad SMARTS) is 1. The van der Waals surface area contributed by atoms with Crippen LogP contribution in [0.1, 0.15) is 39.8 Å². The van der Waals surface area contributed by atoms with Gasteiger partial charge in [-0.1, -0.05) is 0 Å². The number of rotatable bonds is 4. The maximum Gasteiger partial charge on any atom is 0.371 e. The van der Waals surface area contributed by atoms with Gasteiger partial charge >= 0.3 is 5.97 Å². The van der Waals surface area contributed by atoms with Gasteiger partial charge in [0.25, 0.3) is 5.91 Å². The molecule has 7 heteroatoms. The third kappa shape index (κ3) is 2.56. The van der Waals surface area contributed by atoms with E-state index in [2.05, 4.69) is 5.10 Å². The second kappa shape index (κ2) is 5.20. The number of carbonyl (C=O) groups excluding carboxylic acids is 1. The van der Waals surface area contributed by atoms with Crippen molar-refractivity contribution in [3.8, 4) is 0 Å². The lowest BCUT2D eigenvalue weighted by atomic mass is 10.2. The van der Waals surface area contributed by atoms with Gasteiger partial charge in [-0.05, 0) is 25.1 Å². The number of carbonyl (C=O) groups is 2. The minimum absolute atomic E-state index is 0.122. The van der Waals surface area contributed by atoms with Crippen LogP contribution in [0.4, 0.5) is 0 Å². The van der Waals surface area contributed by atoms with Gasteiger partial charge in [0.1, 0.15) is 17.5 Å². The van der Waals surface area contributed by atoms with Gasteiger partial charge in [0, 0.05) is 20.3 Å². The lowest BCUT2D eigenvalue weighted by Crippen LogP contribution is -2.22. The number of nitrogens with zero attached hydrogens (tertiary/aromatic N) is 3. The molecule has 0 saturated carbocycles. The Morgan fingerprint density at radius 3 is 2.60 bits per heavy atom. The van der Waals surface area contributed by atoms with Gasteiger partial charge in [-0.15, -0.1) is 0 Å². The lowest BCUT2D eigenvalue weighted by molar-refractivity contribution is 0.0659. The zero-order chi connectivity index (χ0) is 14.9. The third-order valence-electron chi connectivity index (χ3n) is 2.88. The fraction of sp³-hybridized carbons (Fsp3) is 0.308. The van der Waals surface area contributed by atoms with Crippen molar-refractivity contribution < 1.29 is 19.1 Å². The Balaban J connectivity index is 2.22. The molecule has 0 radical (unpaired) electrons. The molecule has 0 spiro atoms. The zero-order valence-corrected chi connectivity index (χ0v) is 11.4. The van der Waals surface area contributed by atoms with E-state index < -0.39 is 5.97 Å². The van der Waals surface area contributed by atoms with Crippen LogP contribution in [0.15, 0.2) is 28.8 Å². The first-order chi connectivity index (χ1) is 9.40. The van der Waals surface area contributed by atoms with Crippen molar-refractivity contribution in [1.29, 1.82) is 0 Å². The summed E-state index contributed by atoms with van der Waals surface area (Å²) in [5, 5.41) is 13.0. The summed E-state index contributed by atoms with van der Waals surface area (Å²) in [6, 6.07) is 4.29. The fourth-order valence-electron chi connectivity index (χ4n) is 1.72. The molecule has 2 aromatic heterocycles. The highest BCUT2D eigenvalue weighted by atomic mass is 16.4. The molecule has 0 aromatic carbocycles. The SMILES string of the molecule is CC(c1ccc(C(=O)O)o1)n1ccc(C(=O)N(C)C)n1. The predicted octanol–water partition coefficient (Wildman–Crippen LogP) is 1.49. The molecule has 2 aromatic rings. The molecule has 0 saturated heterocycles. The minimum atomic E-state index is -1.12. The van der Waals surface area contributed by atoms with Crippen LogP contribution in [0.2, 0.25) is 0 Å². The Morgan fingerprint density at radius 1 is 1.35 bits per heavy atom. The summed E-state index contributed by atoms with van der Waals surface area (Å²) in [6.07, 6.45) is 1.66. The van der Waals surface area contributed by atoms with Crippen LogP contribution in [0.25, 0.3) is 0 Å². The Labute approximate surface area is 115 Å². The van der Waals surface area contributed by atoms with Gasteiger partial charge in [0.2, 0.25) is 5.76 Å². The molecule has 1 unspecified atom stereocenters. The molecule has 2 heterocycles. The van der Waals surface area contributed by atoms with Crippen LogP contribution in [0.5, 0.6) is 0 Å². The van der Waals surface area contributed by atoms with Crippen LogP contribution in [-0.2, 0) is 0 Å². The smallest absolute Gasteiger partial charge is 0.371 e. The van der Waals surface area contributed by atoms with Crippen molar-refractivity contribution >= 4 is 11.9 Å². The van der Waals surface area contributed by atoms with Crippen LogP contribution in [-0.4, -0.2) is 45.8 Å². The average molecular weight is 277 g/mol. The average Bonchev–Trinajstić information content (AvgIpc) is 3.06. The van der Waals surface area contributed by atoms with Crippen molar-refractivity contribution in [2.24, 2.45) is 0 Å². The Morgan fingerprint density at radius 2 is 2.05 bits per heavy atom. The van der Waals surface area contributed by atoms with E-state index in [4.69, 9.17) is 9.52 Å². The summed E-state index contributed by atoms with van der Waals surface area (Å²) in [5.74, 6) is -0.966. The Kier molecular flexibility index (Phi) is 3.60.